The first-order valence-corrected chi connectivity index (χ1v) is 18.1. The second-order valence-electron chi connectivity index (χ2n) is 12.8. The number of amides is 1. The van der Waals surface area contributed by atoms with Gasteiger partial charge in [0.2, 0.25) is 5.91 Å². The molecule has 2 heterocycles. The van der Waals surface area contributed by atoms with Crippen molar-refractivity contribution in [3.63, 3.8) is 0 Å². The summed E-state index contributed by atoms with van der Waals surface area (Å²) >= 11 is 1.54. The number of hydrogen-bond acceptors (Lipinski definition) is 7. The standard InChI is InChI=1S/C43H40N2O5S/c1-28-38(27-51-43-45-39(32-12-5-3-6-13-32)41(50-43)33-14-7-4-8-15-33)48-42(49-40(28)34-21-19-30(26-46)20-22-34)37-18-10-17-36(24-37)35-16-9-11-31(23-35)25-44-29(2)47/h3-24,28,38,40,42,46H,25-27H2,1-2H3,(H,44,47)/t28-,38+,40+,42+/m1/s1. The lowest BCUT2D eigenvalue weighted by Gasteiger charge is -2.41. The maximum Gasteiger partial charge on any atom is 0.256 e. The van der Waals surface area contributed by atoms with Crippen molar-refractivity contribution in [1.82, 2.24) is 10.3 Å². The van der Waals surface area contributed by atoms with Gasteiger partial charge in [-0.15, -0.1) is 0 Å². The van der Waals surface area contributed by atoms with Gasteiger partial charge in [-0.25, -0.2) is 4.98 Å². The molecule has 0 bridgehead atoms. The van der Waals surface area contributed by atoms with E-state index in [1.807, 2.05) is 109 Å². The molecule has 1 aliphatic rings. The first kappa shape index (κ1) is 34.5. The third-order valence-electron chi connectivity index (χ3n) is 9.15. The molecule has 1 amide bonds. The van der Waals surface area contributed by atoms with E-state index in [2.05, 4.69) is 36.5 Å². The molecular weight excluding hydrogens is 657 g/mol. The number of ether oxygens (including phenoxy) is 2. The van der Waals surface area contributed by atoms with Crippen LogP contribution in [0.2, 0.25) is 0 Å². The van der Waals surface area contributed by atoms with Crippen molar-refractivity contribution in [2.24, 2.45) is 5.92 Å². The number of thioether (sulfide) groups is 1. The molecule has 0 spiro atoms. The van der Waals surface area contributed by atoms with Crippen LogP contribution in [0.1, 0.15) is 48.5 Å². The number of rotatable bonds is 11. The molecule has 258 valence electrons. The zero-order valence-electron chi connectivity index (χ0n) is 28.6. The maximum atomic E-state index is 11.5. The fourth-order valence-electron chi connectivity index (χ4n) is 6.35. The number of aliphatic hydroxyl groups excluding tert-OH is 1. The quantitative estimate of drug-likeness (QED) is 0.130. The summed E-state index contributed by atoms with van der Waals surface area (Å²) in [6.07, 6.45) is -1.08. The van der Waals surface area contributed by atoms with Crippen molar-refractivity contribution in [2.75, 3.05) is 5.75 Å². The normalized spacial score (nSPS) is 18.7. The largest absolute Gasteiger partial charge is 0.431 e. The summed E-state index contributed by atoms with van der Waals surface area (Å²) in [5.41, 5.74) is 8.65. The van der Waals surface area contributed by atoms with Crippen LogP contribution in [0.5, 0.6) is 0 Å². The van der Waals surface area contributed by atoms with Crippen LogP contribution >= 0.6 is 11.8 Å². The summed E-state index contributed by atoms with van der Waals surface area (Å²) in [5.74, 6) is 1.27. The first-order valence-electron chi connectivity index (χ1n) is 17.1. The van der Waals surface area contributed by atoms with Crippen LogP contribution in [0, 0.1) is 5.92 Å². The summed E-state index contributed by atoms with van der Waals surface area (Å²) in [4.78, 5) is 16.5. The molecular formula is C43H40N2O5S. The number of aromatic nitrogens is 1. The number of oxazole rings is 1. The number of aliphatic hydroxyl groups is 1. The Kier molecular flexibility index (Phi) is 10.8. The van der Waals surface area contributed by atoms with Crippen LogP contribution in [0.4, 0.5) is 0 Å². The Bertz CT molecular complexity index is 2010. The Morgan fingerprint density at radius 2 is 1.41 bits per heavy atom. The van der Waals surface area contributed by atoms with Crippen molar-refractivity contribution in [1.29, 1.82) is 0 Å². The molecule has 5 aromatic carbocycles. The lowest BCUT2D eigenvalue weighted by Crippen LogP contribution is -2.38. The molecule has 1 aliphatic heterocycles. The van der Waals surface area contributed by atoms with Gasteiger partial charge in [-0.1, -0.05) is 140 Å². The number of nitrogens with zero attached hydrogens (tertiary/aromatic N) is 1. The van der Waals surface area contributed by atoms with Crippen LogP contribution in [0.15, 0.2) is 143 Å². The molecule has 6 aromatic rings. The van der Waals surface area contributed by atoms with Gasteiger partial charge in [-0.05, 0) is 39.9 Å². The highest BCUT2D eigenvalue weighted by atomic mass is 32.2. The van der Waals surface area contributed by atoms with Gasteiger partial charge in [0.1, 0.15) is 5.69 Å². The minimum atomic E-state index is -0.624. The monoisotopic (exact) mass is 696 g/mol. The summed E-state index contributed by atoms with van der Waals surface area (Å²) in [6, 6.07) is 44.5. The van der Waals surface area contributed by atoms with E-state index in [0.717, 1.165) is 56.0 Å². The van der Waals surface area contributed by atoms with E-state index < -0.39 is 6.29 Å². The third kappa shape index (κ3) is 8.16. The minimum absolute atomic E-state index is 0.000448. The molecule has 2 N–H and O–H groups in total. The van der Waals surface area contributed by atoms with E-state index in [-0.39, 0.29) is 30.6 Å². The number of nitrogens with one attached hydrogen (secondary N) is 1. The minimum Gasteiger partial charge on any atom is -0.431 e. The summed E-state index contributed by atoms with van der Waals surface area (Å²) in [7, 11) is 0. The van der Waals surface area contributed by atoms with Crippen LogP contribution in [-0.2, 0) is 27.4 Å². The van der Waals surface area contributed by atoms with Gasteiger partial charge in [-0.3, -0.25) is 4.79 Å². The lowest BCUT2D eigenvalue weighted by molar-refractivity contribution is -0.268. The van der Waals surface area contributed by atoms with E-state index in [9.17, 15) is 9.90 Å². The summed E-state index contributed by atoms with van der Waals surface area (Å²) in [6.45, 7) is 4.13. The van der Waals surface area contributed by atoms with Gasteiger partial charge in [-0.2, -0.15) is 0 Å². The van der Waals surface area contributed by atoms with Crippen LogP contribution < -0.4 is 5.32 Å². The van der Waals surface area contributed by atoms with Crippen molar-refractivity contribution >= 4 is 17.7 Å². The maximum absolute atomic E-state index is 11.5. The highest BCUT2D eigenvalue weighted by Gasteiger charge is 2.39. The number of carbonyl (C=O) groups is 1. The molecule has 0 radical (unpaired) electrons. The second kappa shape index (κ2) is 15.9. The fraction of sp³-hybridized carbons (Fsp3) is 0.209. The molecule has 0 saturated carbocycles. The van der Waals surface area contributed by atoms with Crippen LogP contribution in [-0.4, -0.2) is 27.9 Å². The molecule has 1 aromatic heterocycles. The second-order valence-corrected chi connectivity index (χ2v) is 13.7. The third-order valence-corrected chi connectivity index (χ3v) is 10.1. The van der Waals surface area contributed by atoms with Gasteiger partial charge in [0.05, 0.1) is 18.8 Å². The average Bonchev–Trinajstić information content (AvgIpc) is 3.62. The van der Waals surface area contributed by atoms with Gasteiger partial charge in [0.15, 0.2) is 12.1 Å². The average molecular weight is 697 g/mol. The smallest absolute Gasteiger partial charge is 0.256 e. The zero-order valence-corrected chi connectivity index (χ0v) is 29.4. The Morgan fingerprint density at radius 3 is 2.12 bits per heavy atom. The molecule has 51 heavy (non-hydrogen) atoms. The molecule has 7 rings (SSSR count). The highest BCUT2D eigenvalue weighted by molar-refractivity contribution is 7.99. The molecule has 7 nitrogen and oxygen atoms in total. The van der Waals surface area contributed by atoms with E-state index in [1.54, 1.807) is 11.8 Å². The van der Waals surface area contributed by atoms with Crippen LogP contribution in [0.3, 0.4) is 0 Å². The van der Waals surface area contributed by atoms with Gasteiger partial charge < -0.3 is 24.3 Å². The van der Waals surface area contributed by atoms with E-state index >= 15 is 0 Å². The van der Waals surface area contributed by atoms with Crippen molar-refractivity contribution in [3.05, 3.63) is 156 Å². The van der Waals surface area contributed by atoms with E-state index in [4.69, 9.17) is 18.9 Å². The van der Waals surface area contributed by atoms with Gasteiger partial charge >= 0.3 is 0 Å². The van der Waals surface area contributed by atoms with Crippen LogP contribution in [0.25, 0.3) is 33.7 Å². The van der Waals surface area contributed by atoms with Gasteiger partial charge in [0, 0.05) is 41.8 Å². The lowest BCUT2D eigenvalue weighted by atomic mass is 9.91. The van der Waals surface area contributed by atoms with Crippen molar-refractivity contribution in [3.8, 4) is 33.7 Å². The van der Waals surface area contributed by atoms with E-state index in [0.29, 0.717) is 17.5 Å². The summed E-state index contributed by atoms with van der Waals surface area (Å²) < 4.78 is 20.0. The number of carbonyl (C=O) groups excluding carboxylic acids is 1. The first-order chi connectivity index (χ1) is 24.9. The molecule has 0 unspecified atom stereocenters. The molecule has 8 heteroatoms. The van der Waals surface area contributed by atoms with Crippen molar-refractivity contribution < 1.29 is 23.8 Å². The highest BCUT2D eigenvalue weighted by Crippen LogP contribution is 2.44. The zero-order chi connectivity index (χ0) is 35.2. The number of benzene rings is 5. The number of hydrogen-bond donors (Lipinski definition) is 2. The van der Waals surface area contributed by atoms with E-state index in [1.165, 1.54) is 6.92 Å². The topological polar surface area (TPSA) is 93.8 Å². The predicted octanol–water partition coefficient (Wildman–Crippen LogP) is 9.39. The SMILES string of the molecule is CC(=O)NCc1cccc(-c2cccc([C@H]3O[C@@H](CSc4nc(-c5ccccc5)c(-c5ccccc5)o4)[C@@H](C)[C@@H](c4ccc(CO)cc4)O3)c2)c1. The Balaban J connectivity index is 1.17. The Hall–Kier alpha value is -4.99. The predicted molar refractivity (Wildman–Crippen MR) is 200 cm³/mol. The summed E-state index contributed by atoms with van der Waals surface area (Å²) in [5, 5.41) is 13.1. The molecule has 1 fully saturated rings. The molecule has 4 atom stereocenters. The van der Waals surface area contributed by atoms with Gasteiger partial charge in [0.25, 0.3) is 5.22 Å². The molecule has 1 saturated heterocycles. The van der Waals surface area contributed by atoms with Crippen molar-refractivity contribution in [2.45, 2.75) is 50.7 Å². The fourth-order valence-corrected chi connectivity index (χ4v) is 7.34. The molecule has 0 aliphatic carbocycles. The Morgan fingerprint density at radius 1 is 0.745 bits per heavy atom. The Labute approximate surface area is 302 Å².